The van der Waals surface area contributed by atoms with Gasteiger partial charge in [-0.1, -0.05) is 4.43 Å². The van der Waals surface area contributed by atoms with Crippen LogP contribution in [-0.4, -0.2) is 42.7 Å². The van der Waals surface area contributed by atoms with E-state index in [-0.39, 0.29) is 9.99 Å². The van der Waals surface area contributed by atoms with E-state index >= 15 is 0 Å². The monoisotopic (exact) mass is 196 g/mol. The second-order valence-electron chi connectivity index (χ2n) is 2.36. The summed E-state index contributed by atoms with van der Waals surface area (Å²) in [5, 5.41) is 35.7. The number of aromatic hydroxyl groups is 3. The number of phenols is 3. The molecule has 0 heterocycles. The molecule has 0 amide bonds. The molecule has 1 aromatic rings. The summed E-state index contributed by atoms with van der Waals surface area (Å²) in [6.07, 6.45) is 0. The standard InChI is InChI=1S/C7H5O5.Al/c8-4-1-3(7(11)12)2-5(9)6(4)10;/h1,8-10H,(H,11,12);. The highest BCUT2D eigenvalue weighted by Crippen LogP contribution is 2.33. The van der Waals surface area contributed by atoms with Crippen LogP contribution in [0.4, 0.5) is 0 Å². The molecule has 1 rings (SSSR count). The molecule has 0 saturated heterocycles. The summed E-state index contributed by atoms with van der Waals surface area (Å²) < 4.78 is -0.0669. The van der Waals surface area contributed by atoms with E-state index in [4.69, 9.17) is 20.4 Å². The lowest BCUT2D eigenvalue weighted by Crippen LogP contribution is -2.15. The highest BCUT2D eigenvalue weighted by molar-refractivity contribution is 6.38. The maximum absolute atomic E-state index is 10.5. The van der Waals surface area contributed by atoms with Gasteiger partial charge < -0.3 is 20.4 Å². The van der Waals surface area contributed by atoms with Crippen molar-refractivity contribution < 1.29 is 25.2 Å². The van der Waals surface area contributed by atoms with E-state index in [9.17, 15) is 4.79 Å². The number of hydrogen-bond acceptors (Lipinski definition) is 4. The van der Waals surface area contributed by atoms with Crippen molar-refractivity contribution in [2.75, 3.05) is 0 Å². The van der Waals surface area contributed by atoms with Gasteiger partial charge in [0.25, 0.3) is 0 Å². The van der Waals surface area contributed by atoms with E-state index in [1.807, 2.05) is 16.3 Å². The molecule has 0 aliphatic heterocycles. The summed E-state index contributed by atoms with van der Waals surface area (Å²) >= 11 is 1.97. The number of rotatable bonds is 1. The lowest BCUT2D eigenvalue weighted by atomic mass is 10.2. The van der Waals surface area contributed by atoms with Crippen LogP contribution in [0.25, 0.3) is 0 Å². The summed E-state index contributed by atoms with van der Waals surface area (Å²) in [4.78, 5) is 10.5. The fourth-order valence-electron chi connectivity index (χ4n) is 0.836. The third-order valence-electron chi connectivity index (χ3n) is 1.52. The van der Waals surface area contributed by atoms with Crippen molar-refractivity contribution >= 4 is 26.7 Å². The Hall–Kier alpha value is -1.38. The predicted molar refractivity (Wildman–Crippen MR) is 43.8 cm³/mol. The molecule has 0 aromatic heterocycles. The minimum Gasteiger partial charge on any atom is -0.505 e. The topological polar surface area (TPSA) is 98.0 Å². The van der Waals surface area contributed by atoms with Crippen LogP contribution in [0.15, 0.2) is 6.07 Å². The van der Waals surface area contributed by atoms with Crippen LogP contribution in [0.5, 0.6) is 17.2 Å². The fourth-order valence-corrected chi connectivity index (χ4v) is 1.18. The van der Waals surface area contributed by atoms with Crippen molar-refractivity contribution in [2.45, 2.75) is 0 Å². The molecule has 6 heteroatoms. The van der Waals surface area contributed by atoms with Crippen LogP contribution in [0.1, 0.15) is 10.4 Å². The first-order valence-corrected chi connectivity index (χ1v) is 3.79. The van der Waals surface area contributed by atoms with Gasteiger partial charge in [0.15, 0.2) is 27.8 Å². The number of phenolic OH excluding ortho intramolecular Hbond substituents is 3. The Morgan fingerprint density at radius 2 is 1.77 bits per heavy atom. The van der Waals surface area contributed by atoms with Crippen LogP contribution in [-0.2, 0) is 0 Å². The zero-order chi connectivity index (χ0) is 10.2. The van der Waals surface area contributed by atoms with Gasteiger partial charge in [0.05, 0.1) is 5.56 Å². The number of carboxylic acids is 1. The van der Waals surface area contributed by atoms with Gasteiger partial charge in [0.2, 0.25) is 0 Å². The van der Waals surface area contributed by atoms with Crippen molar-refractivity contribution in [3.05, 3.63) is 11.6 Å². The molecular formula is C7H5AlO5. The molecule has 0 unspecified atom stereocenters. The van der Waals surface area contributed by atoms with E-state index in [0.29, 0.717) is 0 Å². The van der Waals surface area contributed by atoms with Gasteiger partial charge in [-0.05, 0) is 6.07 Å². The number of benzene rings is 1. The summed E-state index contributed by atoms with van der Waals surface area (Å²) in [6.45, 7) is 0. The SMILES string of the molecule is O=C(O)c1cc(O)c(O)c(O)[c]1[Al]. The number of carboxylic acid groups (broad SMARTS) is 1. The fraction of sp³-hybridized carbons (Fsp3) is 0. The Bertz CT molecular complexity index is 374. The molecule has 0 saturated carbocycles. The first-order chi connectivity index (χ1) is 5.95. The van der Waals surface area contributed by atoms with Crippen LogP contribution >= 0.6 is 0 Å². The Morgan fingerprint density at radius 1 is 1.23 bits per heavy atom. The zero-order valence-electron chi connectivity index (χ0n) is 6.35. The molecule has 0 bridgehead atoms. The van der Waals surface area contributed by atoms with E-state index in [1.165, 1.54) is 0 Å². The van der Waals surface area contributed by atoms with E-state index < -0.39 is 23.2 Å². The van der Waals surface area contributed by atoms with Crippen LogP contribution in [0.3, 0.4) is 0 Å². The maximum Gasteiger partial charge on any atom is 0.334 e. The van der Waals surface area contributed by atoms with Gasteiger partial charge in [0.1, 0.15) is 5.75 Å². The third-order valence-corrected chi connectivity index (χ3v) is 2.11. The average molecular weight is 196 g/mol. The van der Waals surface area contributed by atoms with Crippen molar-refractivity contribution in [3.8, 4) is 17.2 Å². The van der Waals surface area contributed by atoms with Gasteiger partial charge in [0, 0.05) is 0 Å². The lowest BCUT2D eigenvalue weighted by molar-refractivity contribution is 0.0697. The molecule has 0 aliphatic carbocycles. The molecule has 0 fully saturated rings. The third kappa shape index (κ3) is 1.54. The minimum absolute atomic E-state index is 0.0669. The summed E-state index contributed by atoms with van der Waals surface area (Å²) in [5.74, 6) is -3.34. The van der Waals surface area contributed by atoms with Crippen molar-refractivity contribution in [2.24, 2.45) is 0 Å². The second-order valence-corrected chi connectivity index (χ2v) is 2.94. The highest BCUT2D eigenvalue weighted by Gasteiger charge is 2.16. The summed E-state index contributed by atoms with van der Waals surface area (Å²) in [6, 6.07) is 0.861. The molecule has 0 atom stereocenters. The Balaban J connectivity index is 3.50. The Labute approximate surface area is 81.3 Å². The number of carbonyl (C=O) groups is 1. The van der Waals surface area contributed by atoms with Crippen molar-refractivity contribution in [1.82, 2.24) is 0 Å². The summed E-state index contributed by atoms with van der Waals surface area (Å²) in [7, 11) is 0. The first kappa shape index (κ1) is 9.71. The second kappa shape index (κ2) is 3.17. The average Bonchev–Trinajstić information content (AvgIpc) is 2.07. The van der Waals surface area contributed by atoms with Gasteiger partial charge in [-0.25, -0.2) is 4.79 Å². The van der Waals surface area contributed by atoms with Crippen molar-refractivity contribution in [3.63, 3.8) is 0 Å². The predicted octanol–water partition coefficient (Wildman–Crippen LogP) is -0.705. The van der Waals surface area contributed by atoms with Gasteiger partial charge in [-0.2, -0.15) is 0 Å². The van der Waals surface area contributed by atoms with Crippen LogP contribution in [0.2, 0.25) is 0 Å². The molecule has 13 heavy (non-hydrogen) atoms. The van der Waals surface area contributed by atoms with E-state index in [2.05, 4.69) is 0 Å². The molecule has 1 aromatic carbocycles. The van der Waals surface area contributed by atoms with Crippen LogP contribution in [0, 0.1) is 0 Å². The quantitative estimate of drug-likeness (QED) is 0.351. The highest BCUT2D eigenvalue weighted by atomic mass is 27.0. The first-order valence-electron chi connectivity index (χ1n) is 3.21. The molecule has 0 spiro atoms. The number of hydrogen-bond donors (Lipinski definition) is 4. The van der Waals surface area contributed by atoms with Crippen LogP contribution < -0.4 is 4.43 Å². The zero-order valence-corrected chi connectivity index (χ0v) is 7.51. The van der Waals surface area contributed by atoms with Crippen molar-refractivity contribution in [1.29, 1.82) is 0 Å². The minimum atomic E-state index is -1.30. The van der Waals surface area contributed by atoms with Gasteiger partial charge in [-0.15, -0.1) is 0 Å². The maximum atomic E-state index is 10.5. The molecule has 5 nitrogen and oxygen atoms in total. The Morgan fingerprint density at radius 3 is 2.23 bits per heavy atom. The van der Waals surface area contributed by atoms with Gasteiger partial charge >= 0.3 is 5.97 Å². The molecule has 66 valence electrons. The van der Waals surface area contributed by atoms with E-state index in [0.717, 1.165) is 6.07 Å². The largest absolute Gasteiger partial charge is 0.505 e. The molecular weight excluding hydrogens is 191 g/mol. The van der Waals surface area contributed by atoms with Gasteiger partial charge in [-0.3, -0.25) is 0 Å². The number of aromatic carboxylic acids is 1. The summed E-state index contributed by atoms with van der Waals surface area (Å²) in [5.41, 5.74) is -0.280. The smallest absolute Gasteiger partial charge is 0.334 e. The van der Waals surface area contributed by atoms with E-state index in [1.54, 1.807) is 0 Å². The normalized spacial score (nSPS) is 9.85. The molecule has 4 N–H and O–H groups in total. The lowest BCUT2D eigenvalue weighted by Gasteiger charge is -2.08. The molecule has 2 radical (unpaired) electrons. The Kier molecular flexibility index (Phi) is 2.37. The molecule has 0 aliphatic rings.